The van der Waals surface area contributed by atoms with Gasteiger partial charge in [-0.15, -0.1) is 24.9 Å². The molecular formula is C20H18F3N3O4S. The zero-order chi connectivity index (χ0) is 22.8. The van der Waals surface area contributed by atoms with Crippen LogP contribution in [0, 0.1) is 0 Å². The molecule has 0 spiro atoms. The molecule has 1 aliphatic rings. The van der Waals surface area contributed by atoms with Crippen LogP contribution >= 0.6 is 11.8 Å². The van der Waals surface area contributed by atoms with Crippen LogP contribution in [-0.2, 0) is 15.1 Å². The highest BCUT2D eigenvalue weighted by atomic mass is 32.2. The lowest BCUT2D eigenvalue weighted by Crippen LogP contribution is -2.42. The largest absolute Gasteiger partial charge is 0.573 e. The van der Waals surface area contributed by atoms with Crippen molar-refractivity contribution in [1.29, 1.82) is 0 Å². The summed E-state index contributed by atoms with van der Waals surface area (Å²) in [7, 11) is 0. The van der Waals surface area contributed by atoms with E-state index < -0.39 is 42.0 Å². The number of hydrogen-bond acceptors (Lipinski definition) is 5. The molecule has 1 fully saturated rings. The molecule has 3 rings (SSSR count). The number of carbonyl (C=O) groups excluding carboxylic acids is 3. The molecule has 2 aromatic carbocycles. The fraction of sp³-hybridized carbons (Fsp3) is 0.250. The van der Waals surface area contributed by atoms with E-state index in [1.54, 1.807) is 18.2 Å². The quantitative estimate of drug-likeness (QED) is 0.514. The fourth-order valence-electron chi connectivity index (χ4n) is 3.07. The third-order valence-corrected chi connectivity index (χ3v) is 5.32. The third kappa shape index (κ3) is 5.10. The molecule has 0 aromatic heterocycles. The number of nitrogens with one attached hydrogen (secondary N) is 2. The molecule has 1 atom stereocenters. The number of ether oxygens (including phenoxy) is 1. The minimum absolute atomic E-state index is 0.246. The molecule has 0 saturated carbocycles. The van der Waals surface area contributed by atoms with Crippen molar-refractivity contribution in [2.45, 2.75) is 23.7 Å². The summed E-state index contributed by atoms with van der Waals surface area (Å²) in [6.45, 7) is 0.895. The first kappa shape index (κ1) is 22.5. The molecule has 11 heteroatoms. The molecule has 0 radical (unpaired) electrons. The molecule has 1 aliphatic heterocycles. The second kappa shape index (κ2) is 8.50. The number of halogens is 3. The first-order chi connectivity index (χ1) is 14.5. The van der Waals surface area contributed by atoms with Crippen molar-refractivity contribution in [2.24, 2.45) is 0 Å². The summed E-state index contributed by atoms with van der Waals surface area (Å²) in [5.74, 6) is -1.73. The maximum Gasteiger partial charge on any atom is 0.573 e. The number of anilines is 1. The van der Waals surface area contributed by atoms with E-state index >= 15 is 0 Å². The molecule has 1 saturated heterocycles. The summed E-state index contributed by atoms with van der Waals surface area (Å²) < 4.78 is 40.8. The predicted molar refractivity (Wildman–Crippen MR) is 108 cm³/mol. The van der Waals surface area contributed by atoms with Crippen molar-refractivity contribution < 1.29 is 32.3 Å². The van der Waals surface area contributed by atoms with Gasteiger partial charge in [-0.1, -0.05) is 18.2 Å². The van der Waals surface area contributed by atoms with Gasteiger partial charge >= 0.3 is 12.4 Å². The minimum atomic E-state index is -4.84. The first-order valence-electron chi connectivity index (χ1n) is 8.96. The van der Waals surface area contributed by atoms with E-state index in [-0.39, 0.29) is 5.56 Å². The third-order valence-electron chi connectivity index (χ3n) is 4.60. The maximum absolute atomic E-state index is 12.9. The molecule has 2 N–H and O–H groups in total. The Morgan fingerprint density at radius 1 is 1.19 bits per heavy atom. The number of benzene rings is 2. The molecule has 1 unspecified atom stereocenters. The van der Waals surface area contributed by atoms with E-state index in [2.05, 4.69) is 15.4 Å². The van der Waals surface area contributed by atoms with E-state index in [0.717, 1.165) is 21.9 Å². The van der Waals surface area contributed by atoms with Crippen molar-refractivity contribution in [2.75, 3.05) is 18.1 Å². The number of nitrogens with zero attached hydrogens (tertiary/aromatic N) is 1. The summed E-state index contributed by atoms with van der Waals surface area (Å²) in [5, 5.41) is 5.12. The molecule has 0 bridgehead atoms. The Balaban J connectivity index is 1.71. The van der Waals surface area contributed by atoms with Gasteiger partial charge in [0, 0.05) is 10.6 Å². The van der Waals surface area contributed by atoms with Crippen LogP contribution < -0.4 is 15.4 Å². The average molecular weight is 453 g/mol. The monoisotopic (exact) mass is 453 g/mol. The van der Waals surface area contributed by atoms with E-state index in [1.807, 2.05) is 12.3 Å². The van der Waals surface area contributed by atoms with Gasteiger partial charge in [0.05, 0.1) is 0 Å². The summed E-state index contributed by atoms with van der Waals surface area (Å²) >= 11 is 1.49. The van der Waals surface area contributed by atoms with Crippen LogP contribution in [-0.4, -0.2) is 41.9 Å². The second-order valence-electron chi connectivity index (χ2n) is 6.80. The summed E-state index contributed by atoms with van der Waals surface area (Å²) in [4.78, 5) is 39.3. The SMILES string of the molecule is CSc1cccc(NC(=O)CN2C(=O)NC(C)(c3ccc(OC(F)(F)F)cc3)C2=O)c1. The topological polar surface area (TPSA) is 87.7 Å². The van der Waals surface area contributed by atoms with Crippen molar-refractivity contribution in [3.63, 3.8) is 0 Å². The van der Waals surface area contributed by atoms with Gasteiger partial charge < -0.3 is 15.4 Å². The van der Waals surface area contributed by atoms with Gasteiger partial charge in [0.1, 0.15) is 17.8 Å². The lowest BCUT2D eigenvalue weighted by molar-refractivity contribution is -0.274. The van der Waals surface area contributed by atoms with Crippen LogP contribution in [0.5, 0.6) is 5.75 Å². The smallest absolute Gasteiger partial charge is 0.406 e. The Hall–Kier alpha value is -3.21. The minimum Gasteiger partial charge on any atom is -0.406 e. The number of urea groups is 1. The molecule has 0 aliphatic carbocycles. The Kier molecular flexibility index (Phi) is 6.16. The zero-order valence-corrected chi connectivity index (χ0v) is 17.3. The van der Waals surface area contributed by atoms with Gasteiger partial charge in [0.25, 0.3) is 5.91 Å². The molecular weight excluding hydrogens is 435 g/mol. The summed E-state index contributed by atoms with van der Waals surface area (Å²) in [5.41, 5.74) is -0.768. The molecule has 1 heterocycles. The average Bonchev–Trinajstić information content (AvgIpc) is 2.91. The van der Waals surface area contributed by atoms with Crippen LogP contribution in [0.15, 0.2) is 53.4 Å². The van der Waals surface area contributed by atoms with Crippen molar-refractivity contribution in [1.82, 2.24) is 10.2 Å². The lowest BCUT2D eigenvalue weighted by Gasteiger charge is -2.22. The van der Waals surface area contributed by atoms with Gasteiger partial charge in [-0.25, -0.2) is 4.79 Å². The predicted octanol–water partition coefficient (Wildman–Crippen LogP) is 3.71. The highest BCUT2D eigenvalue weighted by molar-refractivity contribution is 7.98. The number of rotatable bonds is 6. The Bertz CT molecular complexity index is 1010. The van der Waals surface area contributed by atoms with E-state index in [9.17, 15) is 27.6 Å². The summed E-state index contributed by atoms with van der Waals surface area (Å²) in [6.07, 6.45) is -2.96. The molecule has 4 amide bonds. The van der Waals surface area contributed by atoms with Gasteiger partial charge in [0.2, 0.25) is 5.91 Å². The number of amides is 4. The highest BCUT2D eigenvalue weighted by Crippen LogP contribution is 2.31. The van der Waals surface area contributed by atoms with Crippen molar-refractivity contribution >= 4 is 35.3 Å². The van der Waals surface area contributed by atoms with Gasteiger partial charge in [-0.2, -0.15) is 0 Å². The molecule has 164 valence electrons. The Morgan fingerprint density at radius 3 is 2.48 bits per heavy atom. The number of alkyl halides is 3. The van der Waals surface area contributed by atoms with Crippen LogP contribution in [0.25, 0.3) is 0 Å². The Labute approximate surface area is 179 Å². The normalized spacial score (nSPS) is 18.7. The van der Waals surface area contributed by atoms with E-state index in [1.165, 1.54) is 30.8 Å². The van der Waals surface area contributed by atoms with Crippen LogP contribution in [0.2, 0.25) is 0 Å². The Morgan fingerprint density at radius 2 is 1.87 bits per heavy atom. The fourth-order valence-corrected chi connectivity index (χ4v) is 3.53. The lowest BCUT2D eigenvalue weighted by atomic mass is 9.92. The first-order valence-corrected chi connectivity index (χ1v) is 10.2. The highest BCUT2D eigenvalue weighted by Gasteiger charge is 2.49. The standard InChI is InChI=1S/C20H18F3N3O4S/c1-19(12-6-8-14(9-7-12)30-20(21,22)23)17(28)26(18(29)25-19)11-16(27)24-13-4-3-5-15(10-13)31-2/h3-10H,11H2,1-2H3,(H,24,27)(H,25,29). The van der Waals surface area contributed by atoms with Gasteiger partial charge in [-0.05, 0) is 49.1 Å². The number of thioether (sulfide) groups is 1. The van der Waals surface area contributed by atoms with Crippen molar-refractivity contribution in [3.05, 3.63) is 54.1 Å². The summed E-state index contributed by atoms with van der Waals surface area (Å²) in [6, 6.07) is 10.9. The molecule has 7 nitrogen and oxygen atoms in total. The maximum atomic E-state index is 12.9. The number of carbonyl (C=O) groups is 3. The van der Waals surface area contributed by atoms with Crippen LogP contribution in [0.4, 0.5) is 23.7 Å². The zero-order valence-electron chi connectivity index (χ0n) is 16.4. The van der Waals surface area contributed by atoms with E-state index in [4.69, 9.17) is 0 Å². The second-order valence-corrected chi connectivity index (χ2v) is 7.68. The van der Waals surface area contributed by atoms with Gasteiger partial charge in [0.15, 0.2) is 0 Å². The van der Waals surface area contributed by atoms with E-state index in [0.29, 0.717) is 5.69 Å². The van der Waals surface area contributed by atoms with Gasteiger partial charge in [-0.3, -0.25) is 14.5 Å². The number of imide groups is 1. The molecule has 31 heavy (non-hydrogen) atoms. The number of hydrogen-bond donors (Lipinski definition) is 2. The van der Waals surface area contributed by atoms with Crippen molar-refractivity contribution in [3.8, 4) is 5.75 Å². The molecule has 2 aromatic rings. The van der Waals surface area contributed by atoms with Crippen LogP contribution in [0.1, 0.15) is 12.5 Å². The van der Waals surface area contributed by atoms with Crippen LogP contribution in [0.3, 0.4) is 0 Å².